The lowest BCUT2D eigenvalue weighted by molar-refractivity contribution is 0.227. The van der Waals surface area contributed by atoms with Crippen molar-refractivity contribution in [1.29, 1.82) is 0 Å². The number of H-pyrrole nitrogens is 1. The number of hydrogen-bond acceptors (Lipinski definition) is 7. The minimum atomic E-state index is -3.13. The third-order valence-corrected chi connectivity index (χ3v) is 8.12. The Kier molecular flexibility index (Phi) is 6.54. The normalized spacial score (nSPS) is 16.0. The van der Waals surface area contributed by atoms with Crippen LogP contribution < -0.4 is 9.64 Å². The molecule has 4 heterocycles. The maximum Gasteiger partial charge on any atom is 0.166 e. The van der Waals surface area contributed by atoms with Gasteiger partial charge in [0.05, 0.1) is 21.3 Å². The van der Waals surface area contributed by atoms with Crippen LogP contribution in [0.2, 0.25) is 10.0 Å². The Labute approximate surface area is 223 Å². The van der Waals surface area contributed by atoms with E-state index >= 15 is 4.39 Å². The number of aromatic amines is 1. The average molecular weight is 564 g/mol. The Hall–Kier alpha value is -2.95. The molecule has 1 fully saturated rings. The van der Waals surface area contributed by atoms with Crippen molar-refractivity contribution in [2.24, 2.45) is 5.41 Å². The van der Waals surface area contributed by atoms with Crippen LogP contribution in [0.5, 0.6) is 5.75 Å². The SMILES string of the molecule is C[C@@H](Oc1ccc2[nH]nc(-c3cnc(N4CC(C)(CS(C)(=O)=O)C4)c(F)c3)c2c1)c1c(Cl)cncc1Cl. The maximum atomic E-state index is 15.1. The summed E-state index contributed by atoms with van der Waals surface area (Å²) in [5.74, 6) is 0.303. The summed E-state index contributed by atoms with van der Waals surface area (Å²) in [6, 6.07) is 6.82. The molecular formula is C25H24Cl2FN5O3S. The van der Waals surface area contributed by atoms with Crippen LogP contribution in [-0.2, 0) is 9.84 Å². The fourth-order valence-electron chi connectivity index (χ4n) is 4.90. The molecule has 8 nitrogen and oxygen atoms in total. The summed E-state index contributed by atoms with van der Waals surface area (Å²) in [5, 5.41) is 8.87. The molecule has 0 unspecified atom stereocenters. The van der Waals surface area contributed by atoms with Crippen LogP contribution in [0.3, 0.4) is 0 Å². The predicted molar refractivity (Wildman–Crippen MR) is 143 cm³/mol. The van der Waals surface area contributed by atoms with E-state index in [-0.39, 0.29) is 11.6 Å². The molecule has 1 atom stereocenters. The van der Waals surface area contributed by atoms with Crippen LogP contribution in [0.15, 0.2) is 42.9 Å². The molecule has 3 aromatic heterocycles. The van der Waals surface area contributed by atoms with Crippen molar-refractivity contribution in [2.75, 3.05) is 30.0 Å². The highest BCUT2D eigenvalue weighted by Gasteiger charge is 2.42. The number of benzene rings is 1. The van der Waals surface area contributed by atoms with Crippen LogP contribution in [0, 0.1) is 11.2 Å². The van der Waals surface area contributed by atoms with Crippen LogP contribution in [0.4, 0.5) is 10.2 Å². The maximum absolute atomic E-state index is 15.1. The van der Waals surface area contributed by atoms with Gasteiger partial charge in [0.2, 0.25) is 0 Å². The van der Waals surface area contributed by atoms with Crippen molar-refractivity contribution in [3.8, 4) is 17.0 Å². The molecule has 0 amide bonds. The first-order valence-corrected chi connectivity index (χ1v) is 14.3. The first kappa shape index (κ1) is 25.7. The zero-order valence-electron chi connectivity index (χ0n) is 20.3. The van der Waals surface area contributed by atoms with E-state index in [1.165, 1.54) is 24.7 Å². The van der Waals surface area contributed by atoms with Gasteiger partial charge in [0, 0.05) is 59.9 Å². The van der Waals surface area contributed by atoms with Crippen molar-refractivity contribution in [2.45, 2.75) is 20.0 Å². The van der Waals surface area contributed by atoms with E-state index in [4.69, 9.17) is 27.9 Å². The molecule has 1 aliphatic heterocycles. The Morgan fingerprint density at radius 2 is 1.89 bits per heavy atom. The first-order valence-electron chi connectivity index (χ1n) is 11.4. The summed E-state index contributed by atoms with van der Waals surface area (Å²) in [5.41, 5.74) is 1.98. The topological polar surface area (TPSA) is 101 Å². The van der Waals surface area contributed by atoms with E-state index in [9.17, 15) is 8.42 Å². The molecule has 0 aliphatic carbocycles. The molecule has 194 valence electrons. The molecule has 5 rings (SSSR count). The molecule has 1 aliphatic rings. The zero-order chi connectivity index (χ0) is 26.5. The van der Waals surface area contributed by atoms with Gasteiger partial charge in [-0.1, -0.05) is 30.1 Å². The minimum absolute atomic E-state index is 0.0536. The zero-order valence-corrected chi connectivity index (χ0v) is 22.6. The van der Waals surface area contributed by atoms with Gasteiger partial charge in [-0.3, -0.25) is 10.1 Å². The van der Waals surface area contributed by atoms with E-state index < -0.39 is 27.2 Å². The van der Waals surface area contributed by atoms with Gasteiger partial charge in [-0.25, -0.2) is 17.8 Å². The Morgan fingerprint density at radius 1 is 1.19 bits per heavy atom. The average Bonchev–Trinajstić information content (AvgIpc) is 3.19. The largest absolute Gasteiger partial charge is 0.486 e. The summed E-state index contributed by atoms with van der Waals surface area (Å²) >= 11 is 12.5. The number of nitrogens with one attached hydrogen (secondary N) is 1. The lowest BCUT2D eigenvalue weighted by atomic mass is 9.84. The summed E-state index contributed by atoms with van der Waals surface area (Å²) in [4.78, 5) is 10.1. The van der Waals surface area contributed by atoms with Crippen molar-refractivity contribution in [3.05, 3.63) is 64.3 Å². The van der Waals surface area contributed by atoms with E-state index in [2.05, 4.69) is 20.2 Å². The van der Waals surface area contributed by atoms with Gasteiger partial charge in [-0.2, -0.15) is 5.10 Å². The molecule has 0 bridgehead atoms. The molecule has 0 saturated carbocycles. The predicted octanol–water partition coefficient (Wildman–Crippen LogP) is 5.48. The van der Waals surface area contributed by atoms with E-state index in [0.717, 1.165) is 10.9 Å². The number of nitrogens with zero attached hydrogens (tertiary/aromatic N) is 4. The van der Waals surface area contributed by atoms with Crippen molar-refractivity contribution in [1.82, 2.24) is 20.2 Å². The number of fused-ring (bicyclic) bond motifs is 1. The Balaban J connectivity index is 1.38. The third-order valence-electron chi connectivity index (χ3n) is 6.29. The van der Waals surface area contributed by atoms with E-state index in [1.807, 2.05) is 26.0 Å². The van der Waals surface area contributed by atoms with Gasteiger partial charge < -0.3 is 9.64 Å². The monoisotopic (exact) mass is 563 g/mol. The molecule has 1 saturated heterocycles. The summed E-state index contributed by atoms with van der Waals surface area (Å²) in [6.45, 7) is 4.55. The van der Waals surface area contributed by atoms with Gasteiger partial charge in [0.15, 0.2) is 11.6 Å². The van der Waals surface area contributed by atoms with Crippen LogP contribution in [0.1, 0.15) is 25.5 Å². The number of sulfone groups is 1. The number of hydrogen-bond donors (Lipinski definition) is 1. The second-order valence-electron chi connectivity index (χ2n) is 9.82. The molecule has 12 heteroatoms. The molecule has 4 aromatic rings. The van der Waals surface area contributed by atoms with Crippen LogP contribution >= 0.6 is 23.2 Å². The first-order chi connectivity index (χ1) is 17.4. The quantitative estimate of drug-likeness (QED) is 0.317. The summed E-state index contributed by atoms with van der Waals surface area (Å²) in [7, 11) is -3.13. The molecule has 0 radical (unpaired) electrons. The fraction of sp³-hybridized carbons (Fsp3) is 0.320. The fourth-order valence-corrected chi connectivity index (χ4v) is 7.02. The van der Waals surface area contributed by atoms with Crippen LogP contribution in [0.25, 0.3) is 22.2 Å². The number of aromatic nitrogens is 4. The van der Waals surface area contributed by atoms with Gasteiger partial charge in [-0.15, -0.1) is 0 Å². The number of rotatable bonds is 7. The molecule has 1 aromatic carbocycles. The van der Waals surface area contributed by atoms with Gasteiger partial charge >= 0.3 is 0 Å². The lowest BCUT2D eigenvalue weighted by Crippen LogP contribution is -2.58. The summed E-state index contributed by atoms with van der Waals surface area (Å²) < 4.78 is 44.6. The number of halogens is 3. The summed E-state index contributed by atoms with van der Waals surface area (Å²) in [6.07, 6.45) is 5.35. The molecule has 1 N–H and O–H groups in total. The van der Waals surface area contributed by atoms with Crippen LogP contribution in [-0.4, -0.2) is 53.7 Å². The standard InChI is InChI=1S/C25H24Cl2FN5O3S/c1-14(22-18(26)9-29-10-19(22)27)36-16-4-5-21-17(7-16)23(32-31-21)15-6-20(28)24(30-8-15)33-11-25(2,12-33)13-37(3,34)35/h4-10,14H,11-13H2,1-3H3,(H,31,32)/t14-/m1/s1. The molecule has 0 spiro atoms. The van der Waals surface area contributed by atoms with E-state index in [0.29, 0.717) is 45.7 Å². The number of anilines is 1. The second kappa shape index (κ2) is 9.41. The van der Waals surface area contributed by atoms with Gasteiger partial charge in [0.1, 0.15) is 27.4 Å². The highest BCUT2D eigenvalue weighted by molar-refractivity contribution is 7.90. The Morgan fingerprint density at radius 3 is 2.54 bits per heavy atom. The van der Waals surface area contributed by atoms with Gasteiger partial charge in [-0.05, 0) is 31.2 Å². The smallest absolute Gasteiger partial charge is 0.166 e. The van der Waals surface area contributed by atoms with Crippen molar-refractivity contribution in [3.63, 3.8) is 0 Å². The molecular weight excluding hydrogens is 540 g/mol. The second-order valence-corrected chi connectivity index (χ2v) is 12.8. The van der Waals surface area contributed by atoms with Crippen molar-refractivity contribution >= 4 is 49.8 Å². The molecule has 37 heavy (non-hydrogen) atoms. The number of pyridine rings is 2. The number of ether oxygens (including phenoxy) is 1. The van der Waals surface area contributed by atoms with Crippen molar-refractivity contribution < 1.29 is 17.5 Å². The van der Waals surface area contributed by atoms with E-state index in [1.54, 1.807) is 17.2 Å². The third kappa shape index (κ3) is 5.23. The van der Waals surface area contributed by atoms with Gasteiger partial charge in [0.25, 0.3) is 0 Å². The Bertz CT molecular complexity index is 1590. The lowest BCUT2D eigenvalue weighted by Gasteiger charge is -2.48. The highest BCUT2D eigenvalue weighted by Crippen LogP contribution is 2.38. The highest BCUT2D eigenvalue weighted by atomic mass is 35.5. The minimum Gasteiger partial charge on any atom is -0.486 e.